The van der Waals surface area contributed by atoms with Crippen molar-refractivity contribution >= 4 is 11.8 Å². The Balaban J connectivity index is 1.45. The number of rotatable bonds is 4. The topological polar surface area (TPSA) is 58.6 Å². The first-order chi connectivity index (χ1) is 11.6. The van der Waals surface area contributed by atoms with E-state index in [4.69, 9.17) is 4.74 Å². The van der Waals surface area contributed by atoms with E-state index in [2.05, 4.69) is 5.32 Å². The van der Waals surface area contributed by atoms with Crippen LogP contribution in [-0.2, 0) is 20.7 Å². The highest BCUT2D eigenvalue weighted by Crippen LogP contribution is 2.16. The number of nitrogens with one attached hydrogen (secondary N) is 1. The van der Waals surface area contributed by atoms with Crippen LogP contribution in [0.4, 0.5) is 4.39 Å². The van der Waals surface area contributed by atoms with Crippen molar-refractivity contribution < 1.29 is 18.7 Å². The molecule has 2 aliphatic heterocycles. The number of carbonyl (C=O) groups excluding carboxylic acids is 2. The molecule has 1 N–H and O–H groups in total. The number of nitrogens with zero attached hydrogens (tertiary/aromatic N) is 1. The molecule has 1 aromatic carbocycles. The van der Waals surface area contributed by atoms with Gasteiger partial charge in [-0.3, -0.25) is 9.59 Å². The number of carbonyl (C=O) groups is 2. The van der Waals surface area contributed by atoms with Crippen LogP contribution in [0.1, 0.15) is 31.2 Å². The van der Waals surface area contributed by atoms with Crippen LogP contribution in [0.15, 0.2) is 24.3 Å². The van der Waals surface area contributed by atoms with Gasteiger partial charge in [-0.15, -0.1) is 0 Å². The molecule has 0 bridgehead atoms. The molecule has 24 heavy (non-hydrogen) atoms. The van der Waals surface area contributed by atoms with Gasteiger partial charge in [0, 0.05) is 25.7 Å². The second-order valence-electron chi connectivity index (χ2n) is 6.43. The molecule has 2 amide bonds. The number of piperidine rings is 1. The summed E-state index contributed by atoms with van der Waals surface area (Å²) in [6, 6.07) is 6.45. The lowest BCUT2D eigenvalue weighted by Gasteiger charge is -2.33. The van der Waals surface area contributed by atoms with Crippen molar-refractivity contribution in [2.45, 2.75) is 44.2 Å². The lowest BCUT2D eigenvalue weighted by atomic mass is 10.0. The van der Waals surface area contributed by atoms with Gasteiger partial charge in [0.05, 0.1) is 6.42 Å². The van der Waals surface area contributed by atoms with Crippen LogP contribution >= 0.6 is 0 Å². The van der Waals surface area contributed by atoms with Gasteiger partial charge in [0.2, 0.25) is 11.8 Å². The smallest absolute Gasteiger partial charge is 0.249 e. The lowest BCUT2D eigenvalue weighted by molar-refractivity contribution is -0.132. The summed E-state index contributed by atoms with van der Waals surface area (Å²) in [5.41, 5.74) is 0.427. The summed E-state index contributed by atoms with van der Waals surface area (Å²) >= 11 is 0. The highest BCUT2D eigenvalue weighted by molar-refractivity contribution is 5.81. The van der Waals surface area contributed by atoms with E-state index in [9.17, 15) is 14.0 Å². The molecule has 2 aliphatic rings. The number of ether oxygens (including phenoxy) is 1. The fourth-order valence-electron chi connectivity index (χ4n) is 3.27. The van der Waals surface area contributed by atoms with E-state index in [1.54, 1.807) is 23.1 Å². The second-order valence-corrected chi connectivity index (χ2v) is 6.43. The fourth-order valence-corrected chi connectivity index (χ4v) is 3.27. The zero-order valence-corrected chi connectivity index (χ0v) is 13.7. The van der Waals surface area contributed by atoms with Gasteiger partial charge in [0.1, 0.15) is 11.9 Å². The van der Waals surface area contributed by atoms with Crippen LogP contribution in [-0.4, -0.2) is 48.6 Å². The van der Waals surface area contributed by atoms with Crippen LogP contribution in [0.2, 0.25) is 0 Å². The molecule has 0 saturated carbocycles. The minimum atomic E-state index is -0.343. The Bertz CT molecular complexity index is 594. The number of halogens is 1. The molecule has 1 aromatic rings. The van der Waals surface area contributed by atoms with Crippen molar-refractivity contribution in [3.63, 3.8) is 0 Å². The first-order valence-corrected chi connectivity index (χ1v) is 8.56. The van der Waals surface area contributed by atoms with Gasteiger partial charge in [-0.2, -0.15) is 0 Å². The number of benzene rings is 1. The summed E-state index contributed by atoms with van der Waals surface area (Å²) in [4.78, 5) is 26.1. The zero-order valence-electron chi connectivity index (χ0n) is 13.7. The third-order valence-corrected chi connectivity index (χ3v) is 4.72. The third-order valence-electron chi connectivity index (χ3n) is 4.72. The van der Waals surface area contributed by atoms with Crippen molar-refractivity contribution in [1.29, 1.82) is 0 Å². The van der Waals surface area contributed by atoms with Crippen molar-refractivity contribution in [3.8, 4) is 0 Å². The van der Waals surface area contributed by atoms with Crippen molar-refractivity contribution in [2.75, 3.05) is 19.7 Å². The standard InChI is InChI=1S/C18H23FN2O3/c19-15-5-2-1-4-13(15)12-17(22)21-9-7-14(8-10-21)20-18(23)16-6-3-11-24-16/h1-2,4-5,14,16H,3,6-12H2,(H,20,23). The molecule has 0 radical (unpaired) electrons. The van der Waals surface area contributed by atoms with Crippen molar-refractivity contribution in [3.05, 3.63) is 35.6 Å². The van der Waals surface area contributed by atoms with Crippen LogP contribution in [0.3, 0.4) is 0 Å². The van der Waals surface area contributed by atoms with Gasteiger partial charge in [-0.1, -0.05) is 18.2 Å². The van der Waals surface area contributed by atoms with Crippen LogP contribution in [0.5, 0.6) is 0 Å². The summed E-state index contributed by atoms with van der Waals surface area (Å²) < 4.78 is 19.0. The number of amides is 2. The van der Waals surface area contributed by atoms with Gasteiger partial charge in [0.25, 0.3) is 0 Å². The van der Waals surface area contributed by atoms with Crippen LogP contribution in [0, 0.1) is 5.82 Å². The van der Waals surface area contributed by atoms with E-state index in [-0.39, 0.29) is 36.2 Å². The van der Waals surface area contributed by atoms with E-state index in [0.717, 1.165) is 25.7 Å². The molecule has 2 heterocycles. The van der Waals surface area contributed by atoms with E-state index in [1.165, 1.54) is 6.07 Å². The molecule has 130 valence electrons. The second kappa shape index (κ2) is 7.75. The molecule has 1 unspecified atom stereocenters. The van der Waals surface area contributed by atoms with Crippen molar-refractivity contribution in [1.82, 2.24) is 10.2 Å². The maximum Gasteiger partial charge on any atom is 0.249 e. The van der Waals surface area contributed by atoms with E-state index in [1.807, 2.05) is 0 Å². The average molecular weight is 334 g/mol. The fraction of sp³-hybridized carbons (Fsp3) is 0.556. The summed E-state index contributed by atoms with van der Waals surface area (Å²) in [5.74, 6) is -0.447. The van der Waals surface area contributed by atoms with E-state index in [0.29, 0.717) is 25.3 Å². The molecule has 6 heteroatoms. The zero-order chi connectivity index (χ0) is 16.9. The van der Waals surface area contributed by atoms with Crippen LogP contribution < -0.4 is 5.32 Å². The first kappa shape index (κ1) is 16.9. The van der Waals surface area contributed by atoms with Gasteiger partial charge in [-0.05, 0) is 37.3 Å². The average Bonchev–Trinajstić information content (AvgIpc) is 3.12. The highest BCUT2D eigenvalue weighted by Gasteiger charge is 2.28. The minimum absolute atomic E-state index is 0.0383. The molecule has 5 nitrogen and oxygen atoms in total. The van der Waals surface area contributed by atoms with Crippen LogP contribution in [0.25, 0.3) is 0 Å². The quantitative estimate of drug-likeness (QED) is 0.911. The maximum absolute atomic E-state index is 13.6. The van der Waals surface area contributed by atoms with Gasteiger partial charge < -0.3 is 15.0 Å². The molecule has 1 atom stereocenters. The highest BCUT2D eigenvalue weighted by atomic mass is 19.1. The predicted octanol–water partition coefficient (Wildman–Crippen LogP) is 1.65. The number of likely N-dealkylation sites (tertiary alicyclic amines) is 1. The Morgan fingerprint density at radius 2 is 1.96 bits per heavy atom. The Morgan fingerprint density at radius 1 is 1.21 bits per heavy atom. The Kier molecular flexibility index (Phi) is 5.45. The van der Waals surface area contributed by atoms with E-state index < -0.39 is 0 Å². The number of hydrogen-bond acceptors (Lipinski definition) is 3. The number of hydrogen-bond donors (Lipinski definition) is 1. The monoisotopic (exact) mass is 334 g/mol. The Morgan fingerprint density at radius 3 is 2.62 bits per heavy atom. The molecule has 3 rings (SSSR count). The summed E-state index contributed by atoms with van der Waals surface area (Å²) in [5, 5.41) is 3.02. The van der Waals surface area contributed by atoms with Gasteiger partial charge >= 0.3 is 0 Å². The largest absolute Gasteiger partial charge is 0.368 e. The summed E-state index contributed by atoms with van der Waals surface area (Å²) in [7, 11) is 0. The van der Waals surface area contributed by atoms with Gasteiger partial charge in [0.15, 0.2) is 0 Å². The summed E-state index contributed by atoms with van der Waals surface area (Å²) in [6.45, 7) is 1.83. The summed E-state index contributed by atoms with van der Waals surface area (Å²) in [6.07, 6.45) is 2.93. The molecule has 2 saturated heterocycles. The molecule has 0 aliphatic carbocycles. The maximum atomic E-state index is 13.6. The Hall–Kier alpha value is -1.95. The predicted molar refractivity (Wildman–Crippen MR) is 86.8 cm³/mol. The van der Waals surface area contributed by atoms with E-state index >= 15 is 0 Å². The molecule has 0 spiro atoms. The lowest BCUT2D eigenvalue weighted by Crippen LogP contribution is -2.49. The van der Waals surface area contributed by atoms with Gasteiger partial charge in [-0.25, -0.2) is 4.39 Å². The molecular formula is C18H23FN2O3. The Labute approximate surface area is 141 Å². The minimum Gasteiger partial charge on any atom is -0.368 e. The molecular weight excluding hydrogens is 311 g/mol. The normalized spacial score (nSPS) is 21.7. The third kappa shape index (κ3) is 4.12. The molecule has 2 fully saturated rings. The van der Waals surface area contributed by atoms with Crippen molar-refractivity contribution in [2.24, 2.45) is 0 Å². The first-order valence-electron chi connectivity index (χ1n) is 8.56. The molecule has 0 aromatic heterocycles. The SMILES string of the molecule is O=C(NC1CCN(C(=O)Cc2ccccc2F)CC1)C1CCCO1.